The first-order chi connectivity index (χ1) is 13.7. The maximum absolute atomic E-state index is 13.4. The molecule has 0 radical (unpaired) electrons. The summed E-state index contributed by atoms with van der Waals surface area (Å²) in [7, 11) is 0. The second-order valence-electron chi connectivity index (χ2n) is 8.05. The Bertz CT molecular complexity index is 877. The zero-order chi connectivity index (χ0) is 21.1. The summed E-state index contributed by atoms with van der Waals surface area (Å²) in [4.78, 5) is 25.4. The van der Waals surface area contributed by atoms with Gasteiger partial charge in [-0.3, -0.25) is 9.78 Å². The molecule has 158 valence electrons. The molecule has 0 spiro atoms. The minimum Gasteiger partial charge on any atom is -0.368 e. The number of unbranched alkanes of at least 4 members (excludes halogenated alkanes) is 1. The van der Waals surface area contributed by atoms with Crippen LogP contribution in [-0.4, -0.2) is 44.8 Å². The SMILES string of the molecule is CCCCC(C)(CCC(=O)[C@@H]1CC(F)(F)CN1)Nc1nc(N)nc2cccnc12. The van der Waals surface area contributed by atoms with E-state index in [1.165, 1.54) is 0 Å². The van der Waals surface area contributed by atoms with Crippen molar-refractivity contribution in [1.29, 1.82) is 0 Å². The maximum atomic E-state index is 13.4. The van der Waals surface area contributed by atoms with Crippen molar-refractivity contribution in [2.45, 2.75) is 69.9 Å². The fraction of sp³-hybridized carbons (Fsp3) is 0.600. The molecule has 1 aliphatic rings. The molecule has 2 atom stereocenters. The molecule has 1 saturated heterocycles. The van der Waals surface area contributed by atoms with Gasteiger partial charge in [0.05, 0.1) is 18.1 Å². The molecule has 29 heavy (non-hydrogen) atoms. The summed E-state index contributed by atoms with van der Waals surface area (Å²) in [5, 5.41) is 6.06. The van der Waals surface area contributed by atoms with E-state index in [0.29, 0.717) is 23.3 Å². The number of hydrogen-bond acceptors (Lipinski definition) is 7. The molecule has 1 unspecified atom stereocenters. The number of carbonyl (C=O) groups is 1. The van der Waals surface area contributed by atoms with Gasteiger partial charge in [-0.25, -0.2) is 13.8 Å². The zero-order valence-electron chi connectivity index (χ0n) is 16.8. The number of pyridine rings is 1. The highest BCUT2D eigenvalue weighted by Gasteiger charge is 2.42. The number of nitrogens with zero attached hydrogens (tertiary/aromatic N) is 3. The highest BCUT2D eigenvalue weighted by Crippen LogP contribution is 2.30. The van der Waals surface area contributed by atoms with Crippen molar-refractivity contribution in [2.24, 2.45) is 0 Å². The topological polar surface area (TPSA) is 106 Å². The highest BCUT2D eigenvalue weighted by atomic mass is 19.3. The summed E-state index contributed by atoms with van der Waals surface area (Å²) >= 11 is 0. The van der Waals surface area contributed by atoms with Gasteiger partial charge in [0, 0.05) is 24.6 Å². The Balaban J connectivity index is 1.76. The summed E-state index contributed by atoms with van der Waals surface area (Å²) < 4.78 is 26.8. The van der Waals surface area contributed by atoms with Crippen molar-refractivity contribution in [3.05, 3.63) is 18.3 Å². The molecular formula is C20H28F2N6O. The van der Waals surface area contributed by atoms with E-state index in [-0.39, 0.29) is 18.2 Å². The van der Waals surface area contributed by atoms with E-state index in [1.54, 1.807) is 12.3 Å². The standard InChI is InChI=1S/C20H28F2N6O/c1-3-4-8-19(2,9-7-15(29)14-11-20(21,22)12-25-14)28-17-16-13(6-5-10-24-16)26-18(23)27-17/h5-6,10,14,25H,3-4,7-9,11-12H2,1-2H3,(H3,23,26,27,28)/t14-,19?/m0/s1. The number of nitrogens with two attached hydrogens (primary N) is 1. The zero-order valence-corrected chi connectivity index (χ0v) is 16.8. The van der Waals surface area contributed by atoms with Crippen molar-refractivity contribution in [3.63, 3.8) is 0 Å². The van der Waals surface area contributed by atoms with Crippen molar-refractivity contribution in [1.82, 2.24) is 20.3 Å². The number of carbonyl (C=O) groups excluding carboxylic acids is 1. The molecule has 1 aliphatic heterocycles. The summed E-state index contributed by atoms with van der Waals surface area (Å²) in [5.41, 5.74) is 6.63. The summed E-state index contributed by atoms with van der Waals surface area (Å²) in [6, 6.07) is 2.81. The van der Waals surface area contributed by atoms with Crippen molar-refractivity contribution in [3.8, 4) is 0 Å². The van der Waals surface area contributed by atoms with Gasteiger partial charge >= 0.3 is 0 Å². The normalized spacial score (nSPS) is 20.5. The van der Waals surface area contributed by atoms with Crippen LogP contribution in [0, 0.1) is 0 Å². The lowest BCUT2D eigenvalue weighted by molar-refractivity contribution is -0.121. The summed E-state index contributed by atoms with van der Waals surface area (Å²) in [6.07, 6.45) is 4.66. The lowest BCUT2D eigenvalue weighted by Crippen LogP contribution is -2.38. The Labute approximate surface area is 168 Å². The third kappa shape index (κ3) is 5.35. The fourth-order valence-electron chi connectivity index (χ4n) is 3.69. The summed E-state index contributed by atoms with van der Waals surface area (Å²) in [6.45, 7) is 3.67. The number of Topliss-reactive ketones (excluding diaryl/α,β-unsaturated/α-hetero) is 1. The van der Waals surface area contributed by atoms with Gasteiger partial charge in [0.25, 0.3) is 5.92 Å². The fourth-order valence-corrected chi connectivity index (χ4v) is 3.69. The van der Waals surface area contributed by atoms with E-state index in [0.717, 1.165) is 19.3 Å². The number of nitrogen functional groups attached to an aromatic ring is 1. The number of alkyl halides is 2. The Kier molecular flexibility index (Phi) is 6.26. The molecule has 0 aromatic carbocycles. The molecule has 4 N–H and O–H groups in total. The van der Waals surface area contributed by atoms with E-state index < -0.39 is 30.5 Å². The lowest BCUT2D eigenvalue weighted by atomic mass is 9.87. The van der Waals surface area contributed by atoms with E-state index in [4.69, 9.17) is 5.73 Å². The smallest absolute Gasteiger partial charge is 0.262 e. The van der Waals surface area contributed by atoms with E-state index in [2.05, 4.69) is 32.5 Å². The largest absolute Gasteiger partial charge is 0.368 e. The Hall–Kier alpha value is -2.42. The highest BCUT2D eigenvalue weighted by molar-refractivity contribution is 5.86. The van der Waals surface area contributed by atoms with E-state index in [1.807, 2.05) is 13.0 Å². The molecule has 2 aromatic heterocycles. The van der Waals surface area contributed by atoms with Crippen molar-refractivity contribution in [2.75, 3.05) is 17.6 Å². The number of halogens is 2. The van der Waals surface area contributed by atoms with Gasteiger partial charge in [-0.1, -0.05) is 19.8 Å². The second-order valence-corrected chi connectivity index (χ2v) is 8.05. The van der Waals surface area contributed by atoms with Gasteiger partial charge in [-0.2, -0.15) is 4.98 Å². The second kappa shape index (κ2) is 8.52. The Morgan fingerprint density at radius 2 is 2.21 bits per heavy atom. The number of fused-ring (bicyclic) bond motifs is 1. The van der Waals surface area contributed by atoms with Crippen LogP contribution in [0.4, 0.5) is 20.5 Å². The molecule has 3 heterocycles. The van der Waals surface area contributed by atoms with Gasteiger partial charge in [-0.05, 0) is 31.9 Å². The van der Waals surface area contributed by atoms with Crippen LogP contribution in [0.3, 0.4) is 0 Å². The lowest BCUT2D eigenvalue weighted by Gasteiger charge is -2.32. The molecule has 7 nitrogen and oxygen atoms in total. The van der Waals surface area contributed by atoms with Crippen LogP contribution in [0.25, 0.3) is 11.0 Å². The minimum absolute atomic E-state index is 0.138. The Morgan fingerprint density at radius 1 is 1.41 bits per heavy atom. The van der Waals surface area contributed by atoms with Crippen LogP contribution < -0.4 is 16.4 Å². The predicted molar refractivity (Wildman–Crippen MR) is 109 cm³/mol. The van der Waals surface area contributed by atoms with Crippen molar-refractivity contribution < 1.29 is 13.6 Å². The summed E-state index contributed by atoms with van der Waals surface area (Å²) in [5.74, 6) is -2.34. The van der Waals surface area contributed by atoms with Crippen LogP contribution in [0.2, 0.25) is 0 Å². The number of hydrogen-bond donors (Lipinski definition) is 3. The van der Waals surface area contributed by atoms with Gasteiger partial charge in [0.1, 0.15) is 11.3 Å². The first kappa shape index (κ1) is 21.3. The van der Waals surface area contributed by atoms with E-state index in [9.17, 15) is 13.6 Å². The average molecular weight is 406 g/mol. The monoisotopic (exact) mass is 406 g/mol. The number of ketones is 1. The van der Waals surface area contributed by atoms with Crippen molar-refractivity contribution >= 4 is 28.6 Å². The Morgan fingerprint density at radius 3 is 2.90 bits per heavy atom. The molecule has 9 heteroatoms. The molecule has 1 fully saturated rings. The van der Waals surface area contributed by atoms with Crippen LogP contribution in [0.1, 0.15) is 52.4 Å². The van der Waals surface area contributed by atoms with E-state index >= 15 is 0 Å². The number of aromatic nitrogens is 3. The molecule has 0 amide bonds. The third-order valence-corrected chi connectivity index (χ3v) is 5.40. The molecule has 3 rings (SSSR count). The molecule has 0 bridgehead atoms. The van der Waals surface area contributed by atoms with Crippen LogP contribution in [0.15, 0.2) is 18.3 Å². The van der Waals surface area contributed by atoms with Gasteiger partial charge in [0.15, 0.2) is 5.82 Å². The third-order valence-electron chi connectivity index (χ3n) is 5.40. The first-order valence-corrected chi connectivity index (χ1v) is 10.0. The average Bonchev–Trinajstić information content (AvgIpc) is 3.04. The van der Waals surface area contributed by atoms with Crippen LogP contribution >= 0.6 is 0 Å². The molecule has 0 aliphatic carbocycles. The predicted octanol–water partition coefficient (Wildman–Crippen LogP) is 3.31. The number of nitrogens with one attached hydrogen (secondary N) is 2. The van der Waals surface area contributed by atoms with Gasteiger partial charge in [0.2, 0.25) is 5.95 Å². The van der Waals surface area contributed by atoms with Gasteiger partial charge in [-0.15, -0.1) is 0 Å². The first-order valence-electron chi connectivity index (χ1n) is 10.0. The molecular weight excluding hydrogens is 378 g/mol. The minimum atomic E-state index is -2.81. The van der Waals surface area contributed by atoms with Gasteiger partial charge < -0.3 is 16.4 Å². The number of anilines is 2. The molecule has 2 aromatic rings. The quantitative estimate of drug-likeness (QED) is 0.587. The molecule has 0 saturated carbocycles. The number of rotatable bonds is 9. The van der Waals surface area contributed by atoms with Crippen LogP contribution in [-0.2, 0) is 4.79 Å². The van der Waals surface area contributed by atoms with Crippen LogP contribution in [0.5, 0.6) is 0 Å². The maximum Gasteiger partial charge on any atom is 0.262 e.